The van der Waals surface area contributed by atoms with Gasteiger partial charge in [0.25, 0.3) is 0 Å². The van der Waals surface area contributed by atoms with Gasteiger partial charge in [0.05, 0.1) is 19.9 Å². The molecule has 3 rings (SSSR count). The number of carbonyl (C=O) groups is 1. The molecule has 1 saturated heterocycles. The highest BCUT2D eigenvalue weighted by atomic mass is 16.6. The van der Waals surface area contributed by atoms with Gasteiger partial charge in [0.2, 0.25) is 5.95 Å². The van der Waals surface area contributed by atoms with Gasteiger partial charge in [-0.15, -0.1) is 5.10 Å². The molecular weight excluding hydrogens is 360 g/mol. The van der Waals surface area contributed by atoms with Crippen LogP contribution >= 0.6 is 0 Å². The van der Waals surface area contributed by atoms with Crippen LogP contribution in [0.4, 0.5) is 16.6 Å². The zero-order valence-electron chi connectivity index (χ0n) is 16.2. The van der Waals surface area contributed by atoms with Gasteiger partial charge in [-0.05, 0) is 25.8 Å². The Morgan fingerprint density at radius 2 is 2.07 bits per heavy atom. The molecule has 0 radical (unpaired) electrons. The molecule has 2 aromatic rings. The van der Waals surface area contributed by atoms with Crippen LogP contribution in [0.15, 0.2) is 30.5 Å². The molecule has 1 fully saturated rings. The van der Waals surface area contributed by atoms with Crippen molar-refractivity contribution in [1.29, 1.82) is 0 Å². The molecule has 0 spiro atoms. The third-order valence-electron chi connectivity index (χ3n) is 4.56. The van der Waals surface area contributed by atoms with Gasteiger partial charge < -0.3 is 25.0 Å². The molecule has 0 saturated carbocycles. The molecule has 1 aromatic heterocycles. The molecule has 0 bridgehead atoms. The van der Waals surface area contributed by atoms with Gasteiger partial charge in [-0.1, -0.05) is 18.2 Å². The predicted octanol–water partition coefficient (Wildman–Crippen LogP) is 2.53. The molecule has 1 aliphatic heterocycles. The molecule has 0 atom stereocenters. The first-order chi connectivity index (χ1) is 13.7. The summed E-state index contributed by atoms with van der Waals surface area (Å²) in [5.74, 6) is 1.91. The third kappa shape index (κ3) is 5.21. The van der Waals surface area contributed by atoms with Crippen molar-refractivity contribution >= 4 is 17.9 Å². The highest BCUT2D eigenvalue weighted by Crippen LogP contribution is 2.19. The number of methoxy groups -OCH3 is 1. The summed E-state index contributed by atoms with van der Waals surface area (Å²) in [7, 11) is 1.65. The Labute approximate surface area is 164 Å². The van der Waals surface area contributed by atoms with Gasteiger partial charge in [0.15, 0.2) is 5.82 Å². The Kier molecular flexibility index (Phi) is 6.83. The zero-order chi connectivity index (χ0) is 19.8. The topological polar surface area (TPSA) is 102 Å². The Morgan fingerprint density at radius 3 is 2.82 bits per heavy atom. The lowest BCUT2D eigenvalue weighted by molar-refractivity contribution is 0.0983. The highest BCUT2D eigenvalue weighted by molar-refractivity contribution is 5.67. The Hall–Kier alpha value is -3.10. The number of aromatic nitrogens is 3. The van der Waals surface area contributed by atoms with Crippen LogP contribution in [0.2, 0.25) is 0 Å². The molecule has 2 N–H and O–H groups in total. The van der Waals surface area contributed by atoms with Crippen molar-refractivity contribution in [2.75, 3.05) is 37.4 Å². The van der Waals surface area contributed by atoms with Crippen molar-refractivity contribution in [2.24, 2.45) is 0 Å². The summed E-state index contributed by atoms with van der Waals surface area (Å²) >= 11 is 0. The maximum atomic E-state index is 11.8. The van der Waals surface area contributed by atoms with Crippen LogP contribution in [0.25, 0.3) is 0 Å². The fraction of sp³-hybridized carbons (Fsp3) is 0.474. The average Bonchev–Trinajstić information content (AvgIpc) is 2.73. The number of amides is 1. The summed E-state index contributed by atoms with van der Waals surface area (Å²) in [5, 5.41) is 14.6. The minimum Gasteiger partial charge on any atom is -0.496 e. The highest BCUT2D eigenvalue weighted by Gasteiger charge is 2.23. The van der Waals surface area contributed by atoms with Gasteiger partial charge in [-0.25, -0.2) is 4.79 Å². The van der Waals surface area contributed by atoms with E-state index in [0.29, 0.717) is 38.0 Å². The monoisotopic (exact) mass is 386 g/mol. The van der Waals surface area contributed by atoms with Crippen LogP contribution in [0.1, 0.15) is 25.3 Å². The quantitative estimate of drug-likeness (QED) is 0.749. The summed E-state index contributed by atoms with van der Waals surface area (Å²) in [5.41, 5.74) is 1.01. The largest absolute Gasteiger partial charge is 0.496 e. The van der Waals surface area contributed by atoms with Crippen molar-refractivity contribution in [3.05, 3.63) is 36.0 Å². The van der Waals surface area contributed by atoms with E-state index in [0.717, 1.165) is 24.2 Å². The fourth-order valence-corrected chi connectivity index (χ4v) is 3.10. The van der Waals surface area contributed by atoms with Crippen LogP contribution in [-0.4, -0.2) is 59.0 Å². The number of carbonyl (C=O) groups excluding carboxylic acids is 1. The number of benzene rings is 1. The summed E-state index contributed by atoms with van der Waals surface area (Å²) in [6, 6.07) is 8.01. The summed E-state index contributed by atoms with van der Waals surface area (Å²) in [6.45, 7) is 4.07. The second kappa shape index (κ2) is 9.72. The zero-order valence-corrected chi connectivity index (χ0v) is 16.2. The Balaban J connectivity index is 1.52. The van der Waals surface area contributed by atoms with E-state index >= 15 is 0 Å². The van der Waals surface area contributed by atoms with Crippen molar-refractivity contribution in [1.82, 2.24) is 20.1 Å². The smallest absolute Gasteiger partial charge is 0.409 e. The van der Waals surface area contributed by atoms with Crippen molar-refractivity contribution in [3.63, 3.8) is 0 Å². The third-order valence-corrected chi connectivity index (χ3v) is 4.56. The van der Waals surface area contributed by atoms with E-state index in [1.807, 2.05) is 31.2 Å². The molecule has 9 nitrogen and oxygen atoms in total. The Morgan fingerprint density at radius 1 is 1.29 bits per heavy atom. The normalized spacial score (nSPS) is 14.4. The molecule has 9 heteroatoms. The molecular formula is C19H26N6O3. The SMILES string of the molecule is CCOC(=O)N1CCC(Nc2cnnc(NCc3ccccc3OC)n2)CC1. The van der Waals surface area contributed by atoms with Crippen LogP contribution in [0, 0.1) is 0 Å². The van der Waals surface area contributed by atoms with Gasteiger partial charge in [-0.3, -0.25) is 0 Å². The first-order valence-electron chi connectivity index (χ1n) is 9.43. The number of hydrogen-bond acceptors (Lipinski definition) is 8. The number of likely N-dealkylation sites (tertiary alicyclic amines) is 1. The molecule has 1 aliphatic rings. The number of hydrogen-bond donors (Lipinski definition) is 2. The van der Waals surface area contributed by atoms with E-state index in [1.165, 1.54) is 0 Å². The number of rotatable bonds is 7. The van der Waals surface area contributed by atoms with E-state index < -0.39 is 0 Å². The van der Waals surface area contributed by atoms with Crippen molar-refractivity contribution < 1.29 is 14.3 Å². The lowest BCUT2D eigenvalue weighted by Crippen LogP contribution is -2.42. The first kappa shape index (κ1) is 19.7. The van der Waals surface area contributed by atoms with Gasteiger partial charge in [-0.2, -0.15) is 10.1 Å². The second-order valence-electron chi connectivity index (χ2n) is 6.44. The van der Waals surface area contributed by atoms with E-state index in [-0.39, 0.29) is 12.1 Å². The maximum absolute atomic E-state index is 11.8. The molecule has 1 amide bonds. The van der Waals surface area contributed by atoms with E-state index in [4.69, 9.17) is 9.47 Å². The Bertz CT molecular complexity index is 780. The lowest BCUT2D eigenvalue weighted by Gasteiger charge is -2.31. The van der Waals surface area contributed by atoms with Crippen LogP contribution < -0.4 is 15.4 Å². The first-order valence-corrected chi connectivity index (χ1v) is 9.43. The van der Waals surface area contributed by atoms with Gasteiger partial charge in [0, 0.05) is 31.2 Å². The maximum Gasteiger partial charge on any atom is 0.409 e. The summed E-state index contributed by atoms with van der Waals surface area (Å²) < 4.78 is 10.4. The number of nitrogens with zero attached hydrogens (tertiary/aromatic N) is 4. The van der Waals surface area contributed by atoms with E-state index in [9.17, 15) is 4.79 Å². The summed E-state index contributed by atoms with van der Waals surface area (Å²) in [4.78, 5) is 18.0. The molecule has 2 heterocycles. The van der Waals surface area contributed by atoms with Gasteiger partial charge in [0.1, 0.15) is 5.75 Å². The predicted molar refractivity (Wildman–Crippen MR) is 105 cm³/mol. The van der Waals surface area contributed by atoms with Gasteiger partial charge >= 0.3 is 6.09 Å². The summed E-state index contributed by atoms with van der Waals surface area (Å²) in [6.07, 6.45) is 3.01. The molecule has 1 aromatic carbocycles. The van der Waals surface area contributed by atoms with Crippen molar-refractivity contribution in [3.8, 4) is 5.75 Å². The number of piperidine rings is 1. The average molecular weight is 386 g/mol. The molecule has 28 heavy (non-hydrogen) atoms. The van der Waals surface area contributed by atoms with Crippen LogP contribution in [-0.2, 0) is 11.3 Å². The number of nitrogens with one attached hydrogen (secondary N) is 2. The molecule has 150 valence electrons. The van der Waals surface area contributed by atoms with E-state index in [2.05, 4.69) is 25.8 Å². The number of anilines is 2. The minimum atomic E-state index is -0.243. The second-order valence-corrected chi connectivity index (χ2v) is 6.44. The number of ether oxygens (including phenoxy) is 2. The van der Waals surface area contributed by atoms with Crippen LogP contribution in [0.5, 0.6) is 5.75 Å². The molecule has 0 unspecified atom stereocenters. The molecule has 0 aliphatic carbocycles. The number of para-hydroxylation sites is 1. The van der Waals surface area contributed by atoms with E-state index in [1.54, 1.807) is 18.2 Å². The van der Waals surface area contributed by atoms with Crippen molar-refractivity contribution in [2.45, 2.75) is 32.4 Å². The fourth-order valence-electron chi connectivity index (χ4n) is 3.10. The standard InChI is InChI=1S/C19H26N6O3/c1-3-28-19(26)25-10-8-15(9-11-25)22-17-13-21-24-18(23-17)20-12-14-6-4-5-7-16(14)27-2/h4-7,13,15H,3,8-12H2,1-2H3,(H2,20,22,23,24). The minimum absolute atomic E-state index is 0.226. The lowest BCUT2D eigenvalue weighted by atomic mass is 10.1. The van der Waals surface area contributed by atoms with Crippen LogP contribution in [0.3, 0.4) is 0 Å².